The Morgan fingerprint density at radius 1 is 1.33 bits per heavy atom. The number of benzene rings is 1. The van der Waals surface area contributed by atoms with Crippen molar-refractivity contribution in [1.82, 2.24) is 9.55 Å². The Morgan fingerprint density at radius 3 is 2.79 bits per heavy atom. The van der Waals surface area contributed by atoms with Crippen LogP contribution in [-0.4, -0.2) is 15.5 Å². The minimum Gasteiger partial charge on any atom is -0.459 e. The van der Waals surface area contributed by atoms with E-state index in [0.717, 1.165) is 16.9 Å². The van der Waals surface area contributed by atoms with E-state index in [1.807, 2.05) is 43.3 Å². The summed E-state index contributed by atoms with van der Waals surface area (Å²) in [6.45, 7) is 3.87. The molecule has 0 N–H and O–H groups in total. The molecule has 0 amide bonds. The third kappa shape index (κ3) is 3.23. The molecule has 2 aromatic heterocycles. The van der Waals surface area contributed by atoms with Crippen LogP contribution in [0.1, 0.15) is 30.3 Å². The van der Waals surface area contributed by atoms with Gasteiger partial charge in [0.25, 0.3) is 5.56 Å². The Balaban J connectivity index is 1.80. The van der Waals surface area contributed by atoms with Gasteiger partial charge < -0.3 is 4.74 Å². The quantitative estimate of drug-likeness (QED) is 0.667. The first-order valence-electron chi connectivity index (χ1n) is 7.80. The molecule has 0 aliphatic rings. The number of fused-ring (bicyclic) bond motifs is 1. The Kier molecular flexibility index (Phi) is 4.76. The normalized spacial score (nSPS) is 12.2. The molecular weight excluding hydrogens is 324 g/mol. The molecule has 24 heavy (non-hydrogen) atoms. The monoisotopic (exact) mass is 342 g/mol. The van der Waals surface area contributed by atoms with E-state index in [2.05, 4.69) is 4.98 Å². The standard InChI is InChI=1S/C18H18N2O3S/c1-3-14-9-15-16(24-14)19-11-20(17(15)21)12(2)18(22)23-10-13-7-5-4-6-8-13/h4-9,11-12H,3,10H2,1-2H3/t12-/m0/s1. The fourth-order valence-corrected chi connectivity index (χ4v) is 3.33. The third-order valence-electron chi connectivity index (χ3n) is 3.86. The molecule has 0 saturated heterocycles. The fraction of sp³-hybridized carbons (Fsp3) is 0.278. The maximum absolute atomic E-state index is 12.6. The van der Waals surface area contributed by atoms with E-state index in [1.54, 1.807) is 6.92 Å². The number of hydrogen-bond donors (Lipinski definition) is 0. The third-order valence-corrected chi connectivity index (χ3v) is 5.05. The van der Waals surface area contributed by atoms with Crippen LogP contribution in [0.4, 0.5) is 0 Å². The Labute approximate surface area is 143 Å². The highest BCUT2D eigenvalue weighted by Gasteiger charge is 2.20. The molecule has 0 spiro atoms. The summed E-state index contributed by atoms with van der Waals surface area (Å²) in [6, 6.07) is 10.6. The molecular formula is C18H18N2O3S. The van der Waals surface area contributed by atoms with Crippen LogP contribution in [0, 0.1) is 0 Å². The molecule has 0 fully saturated rings. The van der Waals surface area contributed by atoms with Gasteiger partial charge in [-0.2, -0.15) is 0 Å². The largest absolute Gasteiger partial charge is 0.459 e. The summed E-state index contributed by atoms with van der Waals surface area (Å²) >= 11 is 1.51. The molecule has 0 aliphatic carbocycles. The van der Waals surface area contributed by atoms with Crippen LogP contribution in [-0.2, 0) is 22.6 Å². The maximum Gasteiger partial charge on any atom is 0.329 e. The highest BCUT2D eigenvalue weighted by atomic mass is 32.1. The van der Waals surface area contributed by atoms with Crippen LogP contribution in [0.25, 0.3) is 10.2 Å². The van der Waals surface area contributed by atoms with Crippen molar-refractivity contribution >= 4 is 27.5 Å². The highest BCUT2D eigenvalue weighted by Crippen LogP contribution is 2.21. The van der Waals surface area contributed by atoms with E-state index in [1.165, 1.54) is 22.2 Å². The second kappa shape index (κ2) is 6.97. The van der Waals surface area contributed by atoms with Crippen LogP contribution in [0.15, 0.2) is 47.5 Å². The first-order chi connectivity index (χ1) is 11.6. The number of ether oxygens (including phenoxy) is 1. The van der Waals surface area contributed by atoms with E-state index in [9.17, 15) is 9.59 Å². The van der Waals surface area contributed by atoms with E-state index >= 15 is 0 Å². The van der Waals surface area contributed by atoms with E-state index in [0.29, 0.717) is 10.2 Å². The molecule has 0 saturated carbocycles. The van der Waals surface area contributed by atoms with Crippen LogP contribution < -0.4 is 5.56 Å². The number of esters is 1. The van der Waals surface area contributed by atoms with Gasteiger partial charge in [0.05, 0.1) is 11.7 Å². The van der Waals surface area contributed by atoms with E-state index < -0.39 is 12.0 Å². The van der Waals surface area contributed by atoms with Gasteiger partial charge in [0.2, 0.25) is 0 Å². The summed E-state index contributed by atoms with van der Waals surface area (Å²) in [4.78, 5) is 31.0. The summed E-state index contributed by atoms with van der Waals surface area (Å²) in [6.07, 6.45) is 2.28. The topological polar surface area (TPSA) is 61.2 Å². The van der Waals surface area contributed by atoms with Gasteiger partial charge in [0.1, 0.15) is 17.5 Å². The number of nitrogens with zero attached hydrogens (tertiary/aromatic N) is 2. The van der Waals surface area contributed by atoms with Gasteiger partial charge in [0.15, 0.2) is 0 Å². The molecule has 1 aromatic carbocycles. The lowest BCUT2D eigenvalue weighted by Gasteiger charge is -2.14. The average molecular weight is 342 g/mol. The van der Waals surface area contributed by atoms with Crippen molar-refractivity contribution in [1.29, 1.82) is 0 Å². The van der Waals surface area contributed by atoms with Crippen molar-refractivity contribution < 1.29 is 9.53 Å². The van der Waals surface area contributed by atoms with Crippen molar-refractivity contribution in [3.8, 4) is 0 Å². The molecule has 124 valence electrons. The van der Waals surface area contributed by atoms with Crippen molar-refractivity contribution in [2.24, 2.45) is 0 Å². The highest BCUT2D eigenvalue weighted by molar-refractivity contribution is 7.18. The van der Waals surface area contributed by atoms with Crippen LogP contribution in [0.5, 0.6) is 0 Å². The number of carbonyl (C=O) groups is 1. The second-order valence-corrected chi connectivity index (χ2v) is 6.63. The van der Waals surface area contributed by atoms with Gasteiger partial charge in [-0.15, -0.1) is 11.3 Å². The first kappa shape index (κ1) is 16.4. The zero-order chi connectivity index (χ0) is 17.1. The van der Waals surface area contributed by atoms with Gasteiger partial charge in [-0.3, -0.25) is 9.36 Å². The molecule has 2 heterocycles. The molecule has 0 unspecified atom stereocenters. The number of aromatic nitrogens is 2. The molecule has 1 atom stereocenters. The Bertz CT molecular complexity index is 915. The summed E-state index contributed by atoms with van der Waals surface area (Å²) < 4.78 is 6.65. The number of hydrogen-bond acceptors (Lipinski definition) is 5. The smallest absolute Gasteiger partial charge is 0.329 e. The second-order valence-electron chi connectivity index (χ2n) is 5.51. The molecule has 3 aromatic rings. The molecule has 0 bridgehead atoms. The summed E-state index contributed by atoms with van der Waals surface area (Å²) in [5.41, 5.74) is 0.699. The number of aryl methyl sites for hydroxylation is 1. The van der Waals surface area contributed by atoms with E-state index in [-0.39, 0.29) is 12.2 Å². The van der Waals surface area contributed by atoms with Crippen LogP contribution >= 0.6 is 11.3 Å². The van der Waals surface area contributed by atoms with Gasteiger partial charge in [-0.1, -0.05) is 37.3 Å². The lowest BCUT2D eigenvalue weighted by Crippen LogP contribution is -2.29. The molecule has 3 rings (SSSR count). The summed E-state index contributed by atoms with van der Waals surface area (Å²) in [5, 5.41) is 0.557. The zero-order valence-corrected chi connectivity index (χ0v) is 14.4. The minimum absolute atomic E-state index is 0.187. The van der Waals surface area contributed by atoms with E-state index in [4.69, 9.17) is 4.74 Å². The minimum atomic E-state index is -0.719. The van der Waals surface area contributed by atoms with Gasteiger partial charge in [-0.25, -0.2) is 9.78 Å². The number of thiophene rings is 1. The van der Waals surface area contributed by atoms with Gasteiger partial charge >= 0.3 is 5.97 Å². The van der Waals surface area contributed by atoms with Crippen molar-refractivity contribution in [2.45, 2.75) is 32.9 Å². The predicted molar refractivity (Wildman–Crippen MR) is 94.2 cm³/mol. The van der Waals surface area contributed by atoms with Crippen molar-refractivity contribution in [3.05, 3.63) is 63.5 Å². The van der Waals surface area contributed by atoms with Crippen LogP contribution in [0.3, 0.4) is 0 Å². The first-order valence-corrected chi connectivity index (χ1v) is 8.62. The predicted octanol–water partition coefficient (Wildman–Crippen LogP) is 3.32. The zero-order valence-electron chi connectivity index (χ0n) is 13.6. The SMILES string of the molecule is CCc1cc2c(=O)n([C@@H](C)C(=O)OCc3ccccc3)cnc2s1. The average Bonchev–Trinajstić information content (AvgIpc) is 3.04. The summed E-state index contributed by atoms with van der Waals surface area (Å²) in [5.74, 6) is -0.451. The van der Waals surface area contributed by atoms with Crippen LogP contribution in [0.2, 0.25) is 0 Å². The molecule has 6 heteroatoms. The summed E-state index contributed by atoms with van der Waals surface area (Å²) in [7, 11) is 0. The Morgan fingerprint density at radius 2 is 2.08 bits per heavy atom. The Hall–Kier alpha value is -2.47. The lowest BCUT2D eigenvalue weighted by molar-refractivity contribution is -0.148. The fourth-order valence-electron chi connectivity index (χ4n) is 2.40. The molecule has 0 radical (unpaired) electrons. The van der Waals surface area contributed by atoms with Gasteiger partial charge in [0, 0.05) is 4.88 Å². The lowest BCUT2D eigenvalue weighted by atomic mass is 10.2. The van der Waals surface area contributed by atoms with Gasteiger partial charge in [-0.05, 0) is 25.0 Å². The van der Waals surface area contributed by atoms with Crippen molar-refractivity contribution in [3.63, 3.8) is 0 Å². The maximum atomic E-state index is 12.6. The van der Waals surface area contributed by atoms with Crippen molar-refractivity contribution in [2.75, 3.05) is 0 Å². The molecule has 0 aliphatic heterocycles. The number of carbonyl (C=O) groups excluding carboxylic acids is 1. The number of rotatable bonds is 5. The molecule has 5 nitrogen and oxygen atoms in total.